The normalized spacial score (nSPS) is 14.6. The van der Waals surface area contributed by atoms with Gasteiger partial charge in [-0.3, -0.25) is 9.88 Å². The Bertz CT molecular complexity index is 365. The molecule has 1 aromatic rings. The number of hydrogen-bond donors (Lipinski definition) is 1. The second-order valence-electron chi connectivity index (χ2n) is 5.26. The Morgan fingerprint density at radius 2 is 2.00 bits per heavy atom. The first kappa shape index (κ1) is 16.1. The summed E-state index contributed by atoms with van der Waals surface area (Å²) < 4.78 is 0. The topological polar surface area (TPSA) is 42.1 Å². The van der Waals surface area contributed by atoms with E-state index >= 15 is 0 Å². The van der Waals surface area contributed by atoms with Crippen LogP contribution in [0.15, 0.2) is 18.2 Å². The summed E-state index contributed by atoms with van der Waals surface area (Å²) in [4.78, 5) is 7.06. The molecule has 0 amide bonds. The molecule has 0 aliphatic rings. The number of likely N-dealkylation sites (N-methyl/N-ethyl adjacent to an activating group) is 1. The van der Waals surface area contributed by atoms with Gasteiger partial charge in [0.1, 0.15) is 0 Å². The number of aromatic nitrogens is 1. The highest BCUT2D eigenvalue weighted by Gasteiger charge is 2.22. The number of rotatable bonds is 8. The smallest absolute Gasteiger partial charge is 0.0547 e. The number of nitrogens with two attached hydrogens (primary N) is 1. The molecule has 0 saturated carbocycles. The first-order chi connectivity index (χ1) is 9.12. The van der Waals surface area contributed by atoms with Gasteiger partial charge in [-0.2, -0.15) is 0 Å². The summed E-state index contributed by atoms with van der Waals surface area (Å²) in [7, 11) is 0. The summed E-state index contributed by atoms with van der Waals surface area (Å²) in [6, 6.07) is 6.94. The van der Waals surface area contributed by atoms with E-state index in [0.29, 0.717) is 6.04 Å². The summed E-state index contributed by atoms with van der Waals surface area (Å²) in [5, 5.41) is 0. The molecular formula is C16H29N3. The fourth-order valence-corrected chi connectivity index (χ4v) is 2.72. The van der Waals surface area contributed by atoms with Crippen molar-refractivity contribution in [2.24, 2.45) is 5.73 Å². The Hall–Kier alpha value is -0.930. The second kappa shape index (κ2) is 8.28. The molecule has 19 heavy (non-hydrogen) atoms. The minimum Gasteiger partial charge on any atom is -0.326 e. The van der Waals surface area contributed by atoms with Gasteiger partial charge >= 0.3 is 0 Å². The van der Waals surface area contributed by atoms with Gasteiger partial charge < -0.3 is 5.73 Å². The van der Waals surface area contributed by atoms with E-state index in [4.69, 9.17) is 5.73 Å². The van der Waals surface area contributed by atoms with Crippen LogP contribution in [-0.2, 0) is 6.54 Å². The monoisotopic (exact) mass is 263 g/mol. The summed E-state index contributed by atoms with van der Waals surface area (Å²) >= 11 is 0. The van der Waals surface area contributed by atoms with Gasteiger partial charge in [-0.1, -0.05) is 33.3 Å². The largest absolute Gasteiger partial charge is 0.326 e. The maximum absolute atomic E-state index is 6.34. The van der Waals surface area contributed by atoms with Crippen molar-refractivity contribution < 1.29 is 0 Å². The fraction of sp³-hybridized carbons (Fsp3) is 0.688. The predicted octanol–water partition coefficient (Wildman–Crippen LogP) is 3.12. The Labute approximate surface area is 118 Å². The van der Waals surface area contributed by atoms with Gasteiger partial charge in [-0.15, -0.1) is 0 Å². The Morgan fingerprint density at radius 1 is 1.26 bits per heavy atom. The highest BCUT2D eigenvalue weighted by atomic mass is 15.2. The van der Waals surface area contributed by atoms with Gasteiger partial charge in [0.05, 0.1) is 5.69 Å². The van der Waals surface area contributed by atoms with Crippen molar-refractivity contribution in [2.75, 3.05) is 6.54 Å². The maximum Gasteiger partial charge on any atom is 0.0547 e. The molecule has 3 heteroatoms. The minimum absolute atomic E-state index is 0.264. The molecule has 2 atom stereocenters. The molecule has 2 unspecified atom stereocenters. The standard InChI is InChI=1S/C16H29N3/c1-5-9-15(17)16(6-2)19(7-3)12-14-11-8-10-13(4)18-14/h8,10-11,15-16H,5-7,9,12,17H2,1-4H3. The SMILES string of the molecule is CCCC(N)C(CC)N(CC)Cc1cccc(C)n1. The van der Waals surface area contributed by atoms with Gasteiger partial charge in [0.2, 0.25) is 0 Å². The molecule has 0 aromatic carbocycles. The first-order valence-corrected chi connectivity index (χ1v) is 7.54. The van der Waals surface area contributed by atoms with E-state index in [0.717, 1.165) is 43.7 Å². The zero-order valence-corrected chi connectivity index (χ0v) is 12.9. The van der Waals surface area contributed by atoms with Crippen molar-refractivity contribution in [1.82, 2.24) is 9.88 Å². The molecule has 0 fully saturated rings. The Balaban J connectivity index is 2.75. The third-order valence-corrected chi connectivity index (χ3v) is 3.72. The molecule has 0 aliphatic heterocycles. The Morgan fingerprint density at radius 3 is 2.53 bits per heavy atom. The number of pyridine rings is 1. The first-order valence-electron chi connectivity index (χ1n) is 7.54. The minimum atomic E-state index is 0.264. The van der Waals surface area contributed by atoms with Crippen molar-refractivity contribution >= 4 is 0 Å². The summed E-state index contributed by atoms with van der Waals surface area (Å²) in [6.07, 6.45) is 3.34. The lowest BCUT2D eigenvalue weighted by atomic mass is 10.00. The summed E-state index contributed by atoms with van der Waals surface area (Å²) in [5.41, 5.74) is 8.56. The van der Waals surface area contributed by atoms with Crippen molar-refractivity contribution in [3.63, 3.8) is 0 Å². The number of hydrogen-bond acceptors (Lipinski definition) is 3. The van der Waals surface area contributed by atoms with Crippen LogP contribution < -0.4 is 5.73 Å². The van der Waals surface area contributed by atoms with E-state index in [2.05, 4.69) is 42.8 Å². The lowest BCUT2D eigenvalue weighted by molar-refractivity contribution is 0.159. The van der Waals surface area contributed by atoms with Crippen LogP contribution in [0.2, 0.25) is 0 Å². The van der Waals surface area contributed by atoms with Gasteiger partial charge in [-0.25, -0.2) is 0 Å². The average molecular weight is 263 g/mol. The highest BCUT2D eigenvalue weighted by molar-refractivity contribution is 5.10. The quantitative estimate of drug-likeness (QED) is 0.783. The van der Waals surface area contributed by atoms with E-state index in [1.54, 1.807) is 0 Å². The van der Waals surface area contributed by atoms with Gasteiger partial charge in [-0.05, 0) is 38.4 Å². The number of nitrogens with zero attached hydrogens (tertiary/aromatic N) is 2. The molecule has 0 radical (unpaired) electrons. The lowest BCUT2D eigenvalue weighted by Crippen LogP contribution is -2.47. The van der Waals surface area contributed by atoms with Crippen LogP contribution in [0.4, 0.5) is 0 Å². The van der Waals surface area contributed by atoms with Gasteiger partial charge in [0.25, 0.3) is 0 Å². The third-order valence-electron chi connectivity index (χ3n) is 3.72. The molecule has 0 saturated heterocycles. The molecular weight excluding hydrogens is 234 g/mol. The molecule has 108 valence electrons. The van der Waals surface area contributed by atoms with Crippen LogP contribution in [0.3, 0.4) is 0 Å². The molecule has 1 rings (SSSR count). The van der Waals surface area contributed by atoms with Crippen LogP contribution in [0.1, 0.15) is 51.4 Å². The zero-order valence-electron chi connectivity index (χ0n) is 12.9. The molecule has 0 spiro atoms. The van der Waals surface area contributed by atoms with Crippen LogP contribution in [0.25, 0.3) is 0 Å². The third kappa shape index (κ3) is 4.92. The van der Waals surface area contributed by atoms with Crippen molar-refractivity contribution in [3.8, 4) is 0 Å². The summed E-state index contributed by atoms with van der Waals surface area (Å²) in [6.45, 7) is 10.6. The molecule has 1 aromatic heterocycles. The summed E-state index contributed by atoms with van der Waals surface area (Å²) in [5.74, 6) is 0. The molecule has 0 aliphatic carbocycles. The van der Waals surface area contributed by atoms with E-state index < -0.39 is 0 Å². The van der Waals surface area contributed by atoms with E-state index in [1.807, 2.05) is 13.0 Å². The molecule has 1 heterocycles. The highest BCUT2D eigenvalue weighted by Crippen LogP contribution is 2.14. The van der Waals surface area contributed by atoms with Crippen molar-refractivity contribution in [2.45, 2.75) is 65.6 Å². The van der Waals surface area contributed by atoms with E-state index in [-0.39, 0.29) is 6.04 Å². The van der Waals surface area contributed by atoms with Crippen LogP contribution in [0.5, 0.6) is 0 Å². The van der Waals surface area contributed by atoms with Crippen LogP contribution >= 0.6 is 0 Å². The molecule has 2 N–H and O–H groups in total. The van der Waals surface area contributed by atoms with Crippen LogP contribution in [-0.4, -0.2) is 28.5 Å². The van der Waals surface area contributed by atoms with E-state index in [1.165, 1.54) is 0 Å². The number of aryl methyl sites for hydroxylation is 1. The van der Waals surface area contributed by atoms with Gasteiger partial charge in [0, 0.05) is 24.3 Å². The molecule has 3 nitrogen and oxygen atoms in total. The predicted molar refractivity (Wildman–Crippen MR) is 82.0 cm³/mol. The lowest BCUT2D eigenvalue weighted by Gasteiger charge is -2.34. The molecule has 0 bridgehead atoms. The second-order valence-corrected chi connectivity index (χ2v) is 5.26. The van der Waals surface area contributed by atoms with Crippen LogP contribution in [0, 0.1) is 6.92 Å². The van der Waals surface area contributed by atoms with Gasteiger partial charge in [0.15, 0.2) is 0 Å². The fourth-order valence-electron chi connectivity index (χ4n) is 2.72. The zero-order chi connectivity index (χ0) is 14.3. The van der Waals surface area contributed by atoms with Crippen molar-refractivity contribution in [1.29, 1.82) is 0 Å². The van der Waals surface area contributed by atoms with Crippen molar-refractivity contribution in [3.05, 3.63) is 29.6 Å². The maximum atomic E-state index is 6.34. The average Bonchev–Trinajstić information content (AvgIpc) is 2.38. The van der Waals surface area contributed by atoms with E-state index in [9.17, 15) is 0 Å². The Kier molecular flexibility index (Phi) is 7.03.